The molecule has 0 rings (SSSR count). The maximum Gasteiger partial charge on any atom is 0.348 e. The topological polar surface area (TPSA) is 107 Å². The molecule has 0 saturated heterocycles. The molecule has 0 aromatic rings. The van der Waals surface area contributed by atoms with E-state index in [1.165, 1.54) is 6.92 Å². The van der Waals surface area contributed by atoms with Crippen molar-refractivity contribution in [2.75, 3.05) is 6.54 Å². The van der Waals surface area contributed by atoms with Gasteiger partial charge in [0.15, 0.2) is 0 Å². The number of nitrogens with two attached hydrogens (primary N) is 2. The zero-order valence-corrected chi connectivity index (χ0v) is 9.49. The van der Waals surface area contributed by atoms with E-state index in [9.17, 15) is 9.59 Å². The van der Waals surface area contributed by atoms with E-state index >= 15 is 0 Å². The van der Waals surface area contributed by atoms with Crippen LogP contribution in [0, 0.1) is 0 Å². The van der Waals surface area contributed by atoms with Crippen LogP contribution in [0.1, 0.15) is 26.2 Å². The number of hydrogen-bond acceptors (Lipinski definition) is 5. The summed E-state index contributed by atoms with van der Waals surface area (Å²) in [6, 6.07) is -0.739. The largest absolute Gasteiger partial charge is 0.348 e. The molecule has 0 bridgehead atoms. The fraction of sp³-hybridized carbons (Fsp3) is 0.600. The van der Waals surface area contributed by atoms with Crippen molar-refractivity contribution in [3.8, 4) is 0 Å². The number of hydrogen-bond donors (Lipinski definition) is 3. The molecule has 0 aliphatic rings. The average molecular weight is 229 g/mol. The van der Waals surface area contributed by atoms with Crippen LogP contribution >= 0.6 is 0 Å². The van der Waals surface area contributed by atoms with Crippen molar-refractivity contribution in [2.45, 2.75) is 32.2 Å². The van der Waals surface area contributed by atoms with Crippen molar-refractivity contribution in [3.05, 3.63) is 12.2 Å². The van der Waals surface area contributed by atoms with Gasteiger partial charge < -0.3 is 16.3 Å². The van der Waals surface area contributed by atoms with Crippen LogP contribution in [0.25, 0.3) is 0 Å². The van der Waals surface area contributed by atoms with Crippen molar-refractivity contribution in [3.63, 3.8) is 0 Å². The molecule has 16 heavy (non-hydrogen) atoms. The smallest absolute Gasteiger partial charge is 0.339 e. The van der Waals surface area contributed by atoms with Crippen LogP contribution in [0.15, 0.2) is 12.2 Å². The lowest BCUT2D eigenvalue weighted by atomic mass is 10.1. The van der Waals surface area contributed by atoms with E-state index in [1.807, 2.05) is 5.48 Å². The Morgan fingerprint density at radius 1 is 1.44 bits per heavy atom. The first kappa shape index (κ1) is 14.6. The van der Waals surface area contributed by atoms with Crippen LogP contribution in [-0.2, 0) is 14.4 Å². The second-order valence-electron chi connectivity index (χ2n) is 3.52. The lowest BCUT2D eigenvalue weighted by Crippen LogP contribution is -2.38. The van der Waals surface area contributed by atoms with Crippen molar-refractivity contribution in [2.24, 2.45) is 11.5 Å². The molecule has 1 atom stereocenters. The summed E-state index contributed by atoms with van der Waals surface area (Å²) in [5.74, 6) is -1.20. The second-order valence-corrected chi connectivity index (χ2v) is 3.52. The van der Waals surface area contributed by atoms with Crippen molar-refractivity contribution in [1.29, 1.82) is 0 Å². The predicted molar refractivity (Wildman–Crippen MR) is 59.9 cm³/mol. The molecule has 0 radical (unpaired) electrons. The highest BCUT2D eigenvalue weighted by molar-refractivity contribution is 5.92. The first-order valence-corrected chi connectivity index (χ1v) is 5.11. The Morgan fingerprint density at radius 3 is 2.56 bits per heavy atom. The molecule has 0 unspecified atom stereocenters. The fourth-order valence-electron chi connectivity index (χ4n) is 0.886. The van der Waals surface area contributed by atoms with Crippen LogP contribution in [-0.4, -0.2) is 24.5 Å². The number of carbonyl (C=O) groups is 2. The van der Waals surface area contributed by atoms with E-state index in [0.29, 0.717) is 13.0 Å². The normalized spacial score (nSPS) is 11.7. The van der Waals surface area contributed by atoms with E-state index < -0.39 is 17.9 Å². The summed E-state index contributed by atoms with van der Waals surface area (Å²) in [7, 11) is 0. The Hall–Kier alpha value is -1.40. The molecular weight excluding hydrogens is 210 g/mol. The van der Waals surface area contributed by atoms with E-state index in [0.717, 1.165) is 12.8 Å². The standard InChI is InChI=1S/C10H19N3O3/c1-7(2)9(14)13-16-10(15)8(12)5-3-4-6-11/h8H,1,3-6,11-12H2,2H3,(H,13,14)/t8-/m0/s1. The van der Waals surface area contributed by atoms with Gasteiger partial charge in [-0.05, 0) is 26.3 Å². The Balaban J connectivity index is 3.79. The molecule has 0 heterocycles. The van der Waals surface area contributed by atoms with E-state index in [2.05, 4.69) is 11.4 Å². The number of amides is 1. The molecule has 0 aliphatic heterocycles. The van der Waals surface area contributed by atoms with Gasteiger partial charge in [0, 0.05) is 5.57 Å². The minimum absolute atomic E-state index is 0.254. The van der Waals surface area contributed by atoms with Gasteiger partial charge in [-0.15, -0.1) is 0 Å². The molecule has 0 aromatic carbocycles. The lowest BCUT2D eigenvalue weighted by molar-refractivity contribution is -0.158. The average Bonchev–Trinajstić information content (AvgIpc) is 2.25. The molecule has 0 aromatic heterocycles. The van der Waals surface area contributed by atoms with Crippen LogP contribution in [0.4, 0.5) is 0 Å². The third-order valence-electron chi connectivity index (χ3n) is 1.90. The number of unbranched alkanes of at least 4 members (excludes halogenated alkanes) is 1. The third kappa shape index (κ3) is 6.15. The fourth-order valence-corrected chi connectivity index (χ4v) is 0.886. The summed E-state index contributed by atoms with van der Waals surface area (Å²) in [6.07, 6.45) is 2.04. The lowest BCUT2D eigenvalue weighted by Gasteiger charge is -2.10. The summed E-state index contributed by atoms with van der Waals surface area (Å²) in [5.41, 5.74) is 13.0. The first-order chi connectivity index (χ1) is 7.49. The third-order valence-corrected chi connectivity index (χ3v) is 1.90. The Bertz CT molecular complexity index is 266. The summed E-state index contributed by atoms with van der Waals surface area (Å²) in [4.78, 5) is 26.7. The van der Waals surface area contributed by atoms with E-state index in [4.69, 9.17) is 11.5 Å². The molecule has 0 spiro atoms. The molecular formula is C10H19N3O3. The van der Waals surface area contributed by atoms with Gasteiger partial charge in [-0.3, -0.25) is 4.79 Å². The maximum absolute atomic E-state index is 11.2. The van der Waals surface area contributed by atoms with Crippen LogP contribution in [0.2, 0.25) is 0 Å². The molecule has 6 heteroatoms. The second kappa shape index (κ2) is 7.84. The van der Waals surface area contributed by atoms with Crippen molar-refractivity contribution < 1.29 is 14.4 Å². The van der Waals surface area contributed by atoms with Crippen molar-refractivity contribution >= 4 is 11.9 Å². The minimum atomic E-state index is -0.739. The molecule has 1 amide bonds. The molecule has 6 nitrogen and oxygen atoms in total. The molecule has 0 aliphatic carbocycles. The molecule has 92 valence electrons. The van der Waals surface area contributed by atoms with Crippen LogP contribution in [0.3, 0.4) is 0 Å². The number of hydroxylamine groups is 1. The summed E-state index contributed by atoms with van der Waals surface area (Å²) >= 11 is 0. The zero-order chi connectivity index (χ0) is 12.6. The Morgan fingerprint density at radius 2 is 2.06 bits per heavy atom. The van der Waals surface area contributed by atoms with Crippen LogP contribution in [0.5, 0.6) is 0 Å². The zero-order valence-electron chi connectivity index (χ0n) is 9.49. The number of nitrogens with one attached hydrogen (secondary N) is 1. The van der Waals surface area contributed by atoms with Crippen molar-refractivity contribution in [1.82, 2.24) is 5.48 Å². The minimum Gasteiger partial charge on any atom is -0.339 e. The monoisotopic (exact) mass is 229 g/mol. The first-order valence-electron chi connectivity index (χ1n) is 5.11. The predicted octanol–water partition coefficient (Wildman–Crippen LogP) is -0.407. The van der Waals surface area contributed by atoms with Gasteiger partial charge in [0.25, 0.3) is 5.91 Å². The molecule has 5 N–H and O–H groups in total. The SMILES string of the molecule is C=C(C)C(=O)NOC(=O)[C@@H](N)CCCCN. The van der Waals surface area contributed by atoms with Gasteiger partial charge in [0.2, 0.25) is 0 Å². The Kier molecular flexibility index (Phi) is 7.15. The maximum atomic E-state index is 11.2. The van der Waals surface area contributed by atoms with Gasteiger partial charge >= 0.3 is 5.97 Å². The number of carbonyl (C=O) groups excluding carboxylic acids is 2. The highest BCUT2D eigenvalue weighted by Crippen LogP contribution is 1.99. The highest BCUT2D eigenvalue weighted by atomic mass is 16.7. The van der Waals surface area contributed by atoms with Gasteiger partial charge in [-0.2, -0.15) is 5.48 Å². The van der Waals surface area contributed by atoms with Gasteiger partial charge in [0.1, 0.15) is 6.04 Å². The van der Waals surface area contributed by atoms with E-state index in [1.54, 1.807) is 0 Å². The quantitative estimate of drug-likeness (QED) is 0.326. The van der Waals surface area contributed by atoms with Gasteiger partial charge in [0.05, 0.1) is 0 Å². The van der Waals surface area contributed by atoms with E-state index in [-0.39, 0.29) is 5.57 Å². The summed E-state index contributed by atoms with van der Waals surface area (Å²) < 4.78 is 0. The van der Waals surface area contributed by atoms with Gasteiger partial charge in [-0.1, -0.05) is 13.0 Å². The highest BCUT2D eigenvalue weighted by Gasteiger charge is 2.16. The Labute approximate surface area is 95.0 Å². The molecule has 0 saturated carbocycles. The van der Waals surface area contributed by atoms with Gasteiger partial charge in [-0.25, -0.2) is 4.79 Å². The summed E-state index contributed by atoms with van der Waals surface area (Å²) in [6.45, 7) is 5.46. The molecule has 0 fully saturated rings. The summed E-state index contributed by atoms with van der Waals surface area (Å²) in [5, 5.41) is 0. The van der Waals surface area contributed by atoms with Crippen LogP contribution < -0.4 is 16.9 Å². The number of rotatable bonds is 6.